The van der Waals surface area contributed by atoms with Gasteiger partial charge in [-0.2, -0.15) is 0 Å². The molecule has 0 saturated heterocycles. The lowest BCUT2D eigenvalue weighted by atomic mass is 9.58. The van der Waals surface area contributed by atoms with E-state index in [1.54, 1.807) is 0 Å². The molecule has 1 heterocycles. The van der Waals surface area contributed by atoms with Gasteiger partial charge in [-0.25, -0.2) is 0 Å². The zero-order valence-electron chi connectivity index (χ0n) is 34.2. The Balaban J connectivity index is 1.21. The first-order valence-corrected chi connectivity index (χ1v) is 25.1. The van der Waals surface area contributed by atoms with Crippen molar-refractivity contribution in [1.29, 1.82) is 0 Å². The maximum Gasteiger partial charge on any atom is 0.181 e. The van der Waals surface area contributed by atoms with Gasteiger partial charge in [0.05, 0.1) is 5.41 Å². The van der Waals surface area contributed by atoms with Crippen molar-refractivity contribution in [3.8, 4) is 11.1 Å². The van der Waals surface area contributed by atoms with Crippen molar-refractivity contribution >= 4 is 51.9 Å². The molecule has 2 aliphatic carbocycles. The highest BCUT2D eigenvalue weighted by atomic mass is 31.2. The van der Waals surface area contributed by atoms with E-state index in [1.807, 2.05) is 18.2 Å². The molecule has 0 radical (unpaired) electrons. The monoisotopic (exact) mass is 814 g/mol. The molecule has 1 unspecified atom stereocenters. The predicted octanol–water partition coefficient (Wildman–Crippen LogP) is 9.49. The van der Waals surface area contributed by atoms with Crippen LogP contribution in [0.1, 0.15) is 56.0 Å². The summed E-state index contributed by atoms with van der Waals surface area (Å²) in [6, 6.07) is 80.8. The number of hydrogen-bond donors (Lipinski definition) is 0. The summed E-state index contributed by atoms with van der Waals surface area (Å²) >= 11 is 0. The molecule has 0 amide bonds. The molecule has 0 bridgehead atoms. The Bertz CT molecular complexity index is 3120. The normalized spacial score (nSPS) is 17.3. The molecule has 290 valence electrons. The van der Waals surface area contributed by atoms with Gasteiger partial charge in [-0.1, -0.05) is 230 Å². The Labute approximate surface area is 359 Å². The van der Waals surface area contributed by atoms with E-state index < -0.39 is 20.6 Å². The molecule has 1 aliphatic heterocycles. The third kappa shape index (κ3) is 4.81. The van der Waals surface area contributed by atoms with Crippen molar-refractivity contribution in [2.24, 2.45) is 0 Å². The largest absolute Gasteiger partial charge is 0.309 e. The first-order chi connectivity index (χ1) is 30.0. The van der Waals surface area contributed by atoms with Gasteiger partial charge >= 0.3 is 0 Å². The second-order valence-electron chi connectivity index (χ2n) is 17.2. The number of rotatable bonds is 4. The third-order valence-electron chi connectivity index (χ3n) is 14.1. The van der Waals surface area contributed by atoms with Crippen molar-refractivity contribution in [3.63, 3.8) is 0 Å². The van der Waals surface area contributed by atoms with Gasteiger partial charge in [0.15, 0.2) is 15.2 Å². The molecule has 9 aromatic rings. The second-order valence-corrected chi connectivity index (χ2v) is 23.6. The van der Waals surface area contributed by atoms with E-state index in [0.717, 1.165) is 15.9 Å². The maximum absolute atomic E-state index is 16.6. The van der Waals surface area contributed by atoms with E-state index in [1.165, 1.54) is 81.9 Å². The number of hydrogen-bond acceptors (Lipinski definition) is 1. The first kappa shape index (κ1) is 36.3. The fraction of sp³-hybridized carbons (Fsp3) is 0.0690. The molecule has 3 aliphatic rings. The molecule has 61 heavy (non-hydrogen) atoms. The summed E-state index contributed by atoms with van der Waals surface area (Å²) in [5, 5.41) is 7.80. The van der Waals surface area contributed by atoms with E-state index in [2.05, 4.69) is 214 Å². The molecule has 1 atom stereocenters. The van der Waals surface area contributed by atoms with Crippen LogP contribution in [0, 0.1) is 13.8 Å². The summed E-state index contributed by atoms with van der Waals surface area (Å²) in [5.74, 6) is -0.0615. The van der Waals surface area contributed by atoms with Crippen molar-refractivity contribution in [2.45, 2.75) is 25.2 Å². The van der Waals surface area contributed by atoms with Crippen LogP contribution in [0.3, 0.4) is 0 Å². The minimum absolute atomic E-state index is 0.0615. The molecule has 0 fully saturated rings. The zero-order chi connectivity index (χ0) is 40.9. The lowest BCUT2D eigenvalue weighted by Crippen LogP contribution is -2.82. The van der Waals surface area contributed by atoms with Crippen molar-refractivity contribution in [1.82, 2.24) is 0 Å². The van der Waals surface area contributed by atoms with Gasteiger partial charge in [-0.3, -0.25) is 0 Å². The van der Waals surface area contributed by atoms with Gasteiger partial charge in [-0.05, 0) is 84.7 Å². The third-order valence-corrected chi connectivity index (χ3v) is 22.5. The smallest absolute Gasteiger partial charge is 0.181 e. The molecule has 0 N–H and O–H groups in total. The summed E-state index contributed by atoms with van der Waals surface area (Å²) in [6.45, 7) is 4.47. The highest BCUT2D eigenvalue weighted by Crippen LogP contribution is 2.62. The lowest BCUT2D eigenvalue weighted by Gasteiger charge is -2.45. The van der Waals surface area contributed by atoms with Crippen LogP contribution >= 0.6 is 7.14 Å². The highest BCUT2D eigenvalue weighted by Gasteiger charge is 2.55. The molecule has 0 aromatic heterocycles. The van der Waals surface area contributed by atoms with E-state index >= 15 is 4.57 Å². The molecule has 0 saturated carbocycles. The Kier molecular flexibility index (Phi) is 8.01. The Hall–Kier alpha value is -6.57. The predicted molar refractivity (Wildman–Crippen MR) is 257 cm³/mol. The summed E-state index contributed by atoms with van der Waals surface area (Å²) in [4.78, 5) is 0. The molecule has 1 nitrogen and oxygen atoms in total. The van der Waals surface area contributed by atoms with Crippen molar-refractivity contribution in [3.05, 3.63) is 268 Å². The summed E-state index contributed by atoms with van der Waals surface area (Å²) in [5.41, 5.74) is 13.9. The van der Waals surface area contributed by atoms with Gasteiger partial charge in [0.25, 0.3) is 0 Å². The summed E-state index contributed by atoms with van der Waals surface area (Å²) in [7, 11) is -6.43. The van der Waals surface area contributed by atoms with Gasteiger partial charge in [0.1, 0.15) is 0 Å². The van der Waals surface area contributed by atoms with Crippen LogP contribution in [0.25, 0.3) is 11.1 Å². The number of aryl methyl sites for hydroxylation is 2. The standard InChI is InChI=1S/C58H43OPSi/c1-39-30-33-47-51(36-39)58(49-26-14-12-24-45(49)46-25-13-15-27-50(46)58)52-37-40(2)31-34-48(52)57(47)41-32-35-54-56(38-41)61(43-20-8-4-9-21-43,44-22-10-5-11-23-44)55-29-17-16-28-53(55)60(54,59)42-18-6-3-7-19-42/h3-38,57H,1-2H3. The number of fused-ring (bicyclic) bond motifs is 11. The highest BCUT2D eigenvalue weighted by molar-refractivity contribution is 7.87. The minimum Gasteiger partial charge on any atom is -0.309 e. The van der Waals surface area contributed by atoms with Crippen LogP contribution < -0.4 is 36.7 Å². The molecule has 3 heteroatoms. The summed E-state index contributed by atoms with van der Waals surface area (Å²) in [6.07, 6.45) is 0. The van der Waals surface area contributed by atoms with Crippen LogP contribution in [0.15, 0.2) is 218 Å². The second kappa shape index (κ2) is 13.5. The lowest BCUT2D eigenvalue weighted by molar-refractivity contribution is 0.592. The van der Waals surface area contributed by atoms with Crippen LogP contribution in [0.5, 0.6) is 0 Å². The van der Waals surface area contributed by atoms with E-state index in [9.17, 15) is 0 Å². The Morgan fingerprint density at radius 2 is 0.902 bits per heavy atom. The molecule has 1 spiro atoms. The molecular weight excluding hydrogens is 772 g/mol. The average Bonchev–Trinajstić information content (AvgIpc) is 3.61. The van der Waals surface area contributed by atoms with Crippen LogP contribution in [0.2, 0.25) is 0 Å². The van der Waals surface area contributed by atoms with Crippen molar-refractivity contribution < 1.29 is 4.57 Å². The fourth-order valence-corrected chi connectivity index (χ4v) is 21.4. The molecule has 12 rings (SSSR count). The van der Waals surface area contributed by atoms with Gasteiger partial charge in [0, 0.05) is 21.8 Å². The quantitative estimate of drug-likeness (QED) is 0.128. The maximum atomic E-state index is 16.6. The van der Waals surface area contributed by atoms with Crippen molar-refractivity contribution in [2.75, 3.05) is 0 Å². The van der Waals surface area contributed by atoms with Gasteiger partial charge < -0.3 is 4.57 Å². The minimum atomic E-state index is -3.33. The zero-order valence-corrected chi connectivity index (χ0v) is 36.1. The van der Waals surface area contributed by atoms with E-state index in [4.69, 9.17) is 0 Å². The Morgan fingerprint density at radius 3 is 1.48 bits per heavy atom. The summed E-state index contributed by atoms with van der Waals surface area (Å²) < 4.78 is 16.6. The van der Waals surface area contributed by atoms with Crippen LogP contribution in [-0.2, 0) is 9.98 Å². The van der Waals surface area contributed by atoms with Crippen LogP contribution in [-0.4, -0.2) is 8.07 Å². The SMILES string of the molecule is Cc1ccc2c(c1)C1(c3ccccc3-c3ccccc31)c1cc(C)ccc1C2c1ccc2c(c1)[Si](c1ccccc1)(c1ccccc1)c1ccccc1P2(=O)c1ccccc1. The van der Waals surface area contributed by atoms with E-state index in [-0.39, 0.29) is 5.92 Å². The van der Waals surface area contributed by atoms with Crippen LogP contribution in [0.4, 0.5) is 0 Å². The average molecular weight is 815 g/mol. The number of benzene rings is 9. The van der Waals surface area contributed by atoms with E-state index in [0.29, 0.717) is 0 Å². The molecule has 9 aromatic carbocycles. The fourth-order valence-electron chi connectivity index (χ4n) is 11.7. The molecular formula is C58H43OPSi. The van der Waals surface area contributed by atoms with Gasteiger partial charge in [0.2, 0.25) is 0 Å². The topological polar surface area (TPSA) is 17.1 Å². The Morgan fingerprint density at radius 1 is 0.426 bits per heavy atom. The van der Waals surface area contributed by atoms with Gasteiger partial charge in [-0.15, -0.1) is 0 Å². The first-order valence-electron chi connectivity index (χ1n) is 21.4.